The Kier molecular flexibility index (Phi) is 4.89. The summed E-state index contributed by atoms with van der Waals surface area (Å²) in [7, 11) is 0. The number of pyridine rings is 1. The van der Waals surface area contributed by atoms with Gasteiger partial charge in [-0.15, -0.1) is 0 Å². The van der Waals surface area contributed by atoms with Crippen molar-refractivity contribution in [2.45, 2.75) is 38.6 Å². The first kappa shape index (κ1) is 17.4. The van der Waals surface area contributed by atoms with Gasteiger partial charge < -0.3 is 4.90 Å². The molecule has 2 aromatic heterocycles. The summed E-state index contributed by atoms with van der Waals surface area (Å²) in [6.45, 7) is 2.05. The number of likely N-dealkylation sites (tertiary alicyclic amines) is 1. The monoisotopic (exact) mass is 416 g/mol. The van der Waals surface area contributed by atoms with Gasteiger partial charge in [-0.05, 0) is 65.6 Å². The van der Waals surface area contributed by atoms with Gasteiger partial charge in [0.25, 0.3) is 11.5 Å². The van der Waals surface area contributed by atoms with Gasteiger partial charge in [-0.2, -0.15) is 5.10 Å². The molecule has 26 heavy (non-hydrogen) atoms. The molecular formula is C19H21BrN4O2. The van der Waals surface area contributed by atoms with Gasteiger partial charge in [0.1, 0.15) is 0 Å². The van der Waals surface area contributed by atoms with E-state index in [2.05, 4.69) is 26.0 Å². The number of carbonyl (C=O) groups excluding carboxylic acids is 1. The average molecular weight is 417 g/mol. The minimum Gasteiger partial charge on any atom is -0.339 e. The van der Waals surface area contributed by atoms with Crippen LogP contribution in [0.3, 0.4) is 0 Å². The molecule has 1 saturated heterocycles. The minimum absolute atomic E-state index is 0.00404. The van der Waals surface area contributed by atoms with Crippen LogP contribution in [0.2, 0.25) is 0 Å². The first-order valence-electron chi connectivity index (χ1n) is 9.10. The zero-order valence-electron chi connectivity index (χ0n) is 14.5. The van der Waals surface area contributed by atoms with Crippen LogP contribution < -0.4 is 5.56 Å². The van der Waals surface area contributed by atoms with Crippen molar-refractivity contribution >= 4 is 21.8 Å². The maximum absolute atomic E-state index is 12.6. The van der Waals surface area contributed by atoms with Crippen LogP contribution in [-0.2, 0) is 19.4 Å². The number of hydrogen-bond acceptors (Lipinski definition) is 4. The minimum atomic E-state index is 0.00404. The molecule has 136 valence electrons. The van der Waals surface area contributed by atoms with E-state index in [1.807, 2.05) is 4.90 Å². The van der Waals surface area contributed by atoms with E-state index in [-0.39, 0.29) is 11.5 Å². The SMILES string of the molecule is O=C(c1cncc(Br)c1)N1CCC(Cn2nc3c(cc2=O)CCC3)CC1. The van der Waals surface area contributed by atoms with E-state index in [0.29, 0.717) is 31.1 Å². The van der Waals surface area contributed by atoms with Crippen LogP contribution in [0.5, 0.6) is 0 Å². The molecule has 2 aliphatic rings. The lowest BCUT2D eigenvalue weighted by atomic mass is 9.96. The fourth-order valence-electron chi connectivity index (χ4n) is 3.84. The Bertz CT molecular complexity index is 887. The third-order valence-electron chi connectivity index (χ3n) is 5.31. The molecule has 0 bridgehead atoms. The van der Waals surface area contributed by atoms with E-state index in [4.69, 9.17) is 0 Å². The Balaban J connectivity index is 1.38. The van der Waals surface area contributed by atoms with Gasteiger partial charge in [-0.3, -0.25) is 14.6 Å². The zero-order valence-corrected chi connectivity index (χ0v) is 16.1. The second kappa shape index (κ2) is 7.31. The first-order valence-corrected chi connectivity index (χ1v) is 9.89. The van der Waals surface area contributed by atoms with Crippen molar-refractivity contribution in [1.82, 2.24) is 19.7 Å². The lowest BCUT2D eigenvalue weighted by Crippen LogP contribution is -2.40. The Hall–Kier alpha value is -2.02. The maximum Gasteiger partial charge on any atom is 0.267 e. The summed E-state index contributed by atoms with van der Waals surface area (Å²) in [6, 6.07) is 3.56. The molecule has 0 atom stereocenters. The number of aromatic nitrogens is 3. The summed E-state index contributed by atoms with van der Waals surface area (Å²) >= 11 is 3.36. The number of rotatable bonds is 3. The van der Waals surface area contributed by atoms with Crippen molar-refractivity contribution in [3.8, 4) is 0 Å². The van der Waals surface area contributed by atoms with Crippen LogP contribution >= 0.6 is 15.9 Å². The summed E-state index contributed by atoms with van der Waals surface area (Å²) in [5.41, 5.74) is 2.81. The van der Waals surface area contributed by atoms with Gasteiger partial charge in [0.2, 0.25) is 0 Å². The molecule has 7 heteroatoms. The smallest absolute Gasteiger partial charge is 0.267 e. The highest BCUT2D eigenvalue weighted by molar-refractivity contribution is 9.10. The molecule has 0 aromatic carbocycles. The zero-order chi connectivity index (χ0) is 18.1. The Morgan fingerprint density at radius 2 is 2.00 bits per heavy atom. The molecule has 4 rings (SSSR count). The van der Waals surface area contributed by atoms with E-state index in [1.165, 1.54) is 0 Å². The van der Waals surface area contributed by atoms with Crippen LogP contribution in [0.4, 0.5) is 0 Å². The number of halogens is 1. The van der Waals surface area contributed by atoms with Crippen molar-refractivity contribution < 1.29 is 4.79 Å². The molecule has 6 nitrogen and oxygen atoms in total. The lowest BCUT2D eigenvalue weighted by molar-refractivity contribution is 0.0680. The molecule has 1 aliphatic carbocycles. The van der Waals surface area contributed by atoms with Crippen LogP contribution in [0, 0.1) is 5.92 Å². The van der Waals surface area contributed by atoms with Crippen LogP contribution in [0.25, 0.3) is 0 Å². The van der Waals surface area contributed by atoms with E-state index in [0.717, 1.165) is 47.8 Å². The molecule has 2 aromatic rings. The van der Waals surface area contributed by atoms with E-state index < -0.39 is 0 Å². The third-order valence-corrected chi connectivity index (χ3v) is 5.74. The molecule has 1 amide bonds. The fraction of sp³-hybridized carbons (Fsp3) is 0.474. The largest absolute Gasteiger partial charge is 0.339 e. The van der Waals surface area contributed by atoms with Crippen molar-refractivity contribution in [3.05, 3.63) is 56.2 Å². The molecule has 3 heterocycles. The Morgan fingerprint density at radius 3 is 2.77 bits per heavy atom. The molecule has 1 fully saturated rings. The number of fused-ring (bicyclic) bond motifs is 1. The number of carbonyl (C=O) groups is 1. The normalized spacial score (nSPS) is 17.3. The molecule has 0 spiro atoms. The van der Waals surface area contributed by atoms with Gasteiger partial charge >= 0.3 is 0 Å². The molecule has 0 saturated carbocycles. The highest BCUT2D eigenvalue weighted by Gasteiger charge is 2.25. The second-order valence-corrected chi connectivity index (χ2v) is 8.03. The lowest BCUT2D eigenvalue weighted by Gasteiger charge is -2.32. The summed E-state index contributed by atoms with van der Waals surface area (Å²) in [5, 5.41) is 4.57. The number of amides is 1. The first-order chi connectivity index (χ1) is 12.6. The number of piperidine rings is 1. The van der Waals surface area contributed by atoms with Crippen molar-refractivity contribution in [2.75, 3.05) is 13.1 Å². The quantitative estimate of drug-likeness (QED) is 0.770. The fourth-order valence-corrected chi connectivity index (χ4v) is 4.21. The Labute approximate surface area is 160 Å². The van der Waals surface area contributed by atoms with Crippen LogP contribution in [0.15, 0.2) is 33.8 Å². The summed E-state index contributed by atoms with van der Waals surface area (Å²) in [5.74, 6) is 0.398. The van der Waals surface area contributed by atoms with Gasteiger partial charge in [-0.1, -0.05) is 0 Å². The van der Waals surface area contributed by atoms with Gasteiger partial charge in [0, 0.05) is 42.6 Å². The van der Waals surface area contributed by atoms with E-state index in [9.17, 15) is 9.59 Å². The predicted octanol–water partition coefficient (Wildman–Crippen LogP) is 2.44. The third kappa shape index (κ3) is 3.58. The van der Waals surface area contributed by atoms with E-state index >= 15 is 0 Å². The number of aryl methyl sites for hydroxylation is 2. The van der Waals surface area contributed by atoms with Gasteiger partial charge in [0.15, 0.2) is 0 Å². The van der Waals surface area contributed by atoms with Crippen molar-refractivity contribution in [2.24, 2.45) is 5.92 Å². The topological polar surface area (TPSA) is 68.1 Å². The average Bonchev–Trinajstić information content (AvgIpc) is 3.09. The predicted molar refractivity (Wildman–Crippen MR) is 101 cm³/mol. The van der Waals surface area contributed by atoms with E-state index in [1.54, 1.807) is 29.2 Å². The van der Waals surface area contributed by atoms with Crippen molar-refractivity contribution in [1.29, 1.82) is 0 Å². The number of hydrogen-bond donors (Lipinski definition) is 0. The molecule has 0 unspecified atom stereocenters. The van der Waals surface area contributed by atoms with Crippen LogP contribution in [0.1, 0.15) is 40.9 Å². The highest BCUT2D eigenvalue weighted by Crippen LogP contribution is 2.22. The second-order valence-electron chi connectivity index (χ2n) is 7.12. The maximum atomic E-state index is 12.6. The summed E-state index contributed by atoms with van der Waals surface area (Å²) in [6.07, 6.45) is 8.09. The van der Waals surface area contributed by atoms with Crippen molar-refractivity contribution in [3.63, 3.8) is 0 Å². The highest BCUT2D eigenvalue weighted by atomic mass is 79.9. The molecule has 1 aliphatic heterocycles. The standard InChI is InChI=1S/C19H21BrN4O2/c20-16-8-15(10-21-11-16)19(26)23-6-4-13(5-7-23)12-24-18(25)9-14-2-1-3-17(14)22-24/h8-11,13H,1-7,12H2. The molecule has 0 radical (unpaired) electrons. The molecular weight excluding hydrogens is 396 g/mol. The number of nitrogens with zero attached hydrogens (tertiary/aromatic N) is 4. The van der Waals surface area contributed by atoms with Gasteiger partial charge in [0.05, 0.1) is 11.3 Å². The van der Waals surface area contributed by atoms with Crippen LogP contribution in [-0.4, -0.2) is 38.7 Å². The summed E-state index contributed by atoms with van der Waals surface area (Å²) < 4.78 is 2.44. The van der Waals surface area contributed by atoms with Gasteiger partial charge in [-0.25, -0.2) is 4.68 Å². The Morgan fingerprint density at radius 1 is 1.19 bits per heavy atom. The molecule has 0 N–H and O–H groups in total. The summed E-state index contributed by atoms with van der Waals surface area (Å²) in [4.78, 5) is 30.8.